The summed E-state index contributed by atoms with van der Waals surface area (Å²) in [6.45, 7) is 6.02. The zero-order valence-electron chi connectivity index (χ0n) is 15.5. The number of carboxylic acid groups (broad SMARTS) is 1. The van der Waals surface area contributed by atoms with E-state index in [1.54, 1.807) is 36.5 Å². The number of anilines is 2. The SMILES string of the molecule is C=Cc1cnc(Nc2ccc(S(=O)(=O)C3CCN(C(=O)O)CC3)cc2)nc1C. The van der Waals surface area contributed by atoms with Crippen LogP contribution < -0.4 is 5.32 Å². The van der Waals surface area contributed by atoms with Crippen LogP contribution in [0, 0.1) is 6.92 Å². The van der Waals surface area contributed by atoms with Crippen molar-refractivity contribution in [2.24, 2.45) is 0 Å². The predicted octanol–water partition coefficient (Wildman–Crippen LogP) is 3.09. The molecule has 3 rings (SSSR count). The highest BCUT2D eigenvalue weighted by atomic mass is 32.2. The third kappa shape index (κ3) is 4.14. The van der Waals surface area contributed by atoms with Gasteiger partial charge < -0.3 is 15.3 Å². The molecule has 2 N–H and O–H groups in total. The van der Waals surface area contributed by atoms with Gasteiger partial charge in [-0.2, -0.15) is 0 Å². The summed E-state index contributed by atoms with van der Waals surface area (Å²) < 4.78 is 25.7. The molecular weight excluding hydrogens is 380 g/mol. The number of nitrogens with zero attached hydrogens (tertiary/aromatic N) is 3. The molecule has 148 valence electrons. The number of rotatable bonds is 5. The Morgan fingerprint density at radius 2 is 1.93 bits per heavy atom. The number of nitrogens with one attached hydrogen (secondary N) is 1. The minimum absolute atomic E-state index is 0.228. The van der Waals surface area contributed by atoms with Crippen LogP contribution in [0.15, 0.2) is 41.9 Å². The van der Waals surface area contributed by atoms with Gasteiger partial charge in [-0.05, 0) is 44.0 Å². The Morgan fingerprint density at radius 1 is 1.29 bits per heavy atom. The number of piperidine rings is 1. The minimum atomic E-state index is -3.51. The standard InChI is InChI=1S/C19H22N4O4S/c1-3-14-12-20-18(21-13(14)2)22-15-4-6-16(7-5-15)28(26,27)17-8-10-23(11-9-17)19(24)25/h3-7,12,17H,1,8-11H2,2H3,(H,24,25)(H,20,21,22). The van der Waals surface area contributed by atoms with Gasteiger partial charge in [-0.1, -0.05) is 12.7 Å². The molecule has 2 heterocycles. The molecule has 1 saturated heterocycles. The van der Waals surface area contributed by atoms with Gasteiger partial charge in [-0.3, -0.25) is 0 Å². The van der Waals surface area contributed by atoms with E-state index < -0.39 is 21.2 Å². The highest BCUT2D eigenvalue weighted by Crippen LogP contribution is 2.26. The Bertz CT molecular complexity index is 981. The summed E-state index contributed by atoms with van der Waals surface area (Å²) in [4.78, 5) is 21.0. The van der Waals surface area contributed by atoms with Crippen molar-refractivity contribution in [3.63, 3.8) is 0 Å². The maximum atomic E-state index is 12.8. The molecule has 0 aliphatic carbocycles. The zero-order chi connectivity index (χ0) is 20.3. The summed E-state index contributed by atoms with van der Waals surface area (Å²) in [6.07, 6.45) is 2.94. The molecule has 28 heavy (non-hydrogen) atoms. The first-order chi connectivity index (χ1) is 13.3. The topological polar surface area (TPSA) is 112 Å². The Labute approximate surface area is 163 Å². The van der Waals surface area contributed by atoms with Crippen LogP contribution >= 0.6 is 0 Å². The molecule has 1 fully saturated rings. The molecule has 1 aliphatic rings. The van der Waals surface area contributed by atoms with Crippen molar-refractivity contribution in [3.8, 4) is 0 Å². The second-order valence-corrected chi connectivity index (χ2v) is 8.83. The number of aromatic nitrogens is 2. The molecular formula is C19H22N4O4S. The fraction of sp³-hybridized carbons (Fsp3) is 0.316. The maximum Gasteiger partial charge on any atom is 0.407 e. The summed E-state index contributed by atoms with van der Waals surface area (Å²) >= 11 is 0. The number of aryl methyl sites for hydroxylation is 1. The number of hydrogen-bond donors (Lipinski definition) is 2. The molecule has 1 amide bonds. The van der Waals surface area contributed by atoms with Crippen LogP contribution in [0.25, 0.3) is 6.08 Å². The van der Waals surface area contributed by atoms with Crippen molar-refractivity contribution in [1.82, 2.24) is 14.9 Å². The summed E-state index contributed by atoms with van der Waals surface area (Å²) in [5.41, 5.74) is 2.31. The summed E-state index contributed by atoms with van der Waals surface area (Å²) in [6, 6.07) is 6.43. The number of likely N-dealkylation sites (tertiary alicyclic amines) is 1. The molecule has 0 saturated carbocycles. The van der Waals surface area contributed by atoms with E-state index in [4.69, 9.17) is 5.11 Å². The van der Waals surface area contributed by atoms with Gasteiger partial charge in [0, 0.05) is 30.5 Å². The van der Waals surface area contributed by atoms with E-state index in [0.29, 0.717) is 24.5 Å². The predicted molar refractivity (Wildman–Crippen MR) is 106 cm³/mol. The summed E-state index contributed by atoms with van der Waals surface area (Å²) in [5.74, 6) is 0.416. The highest BCUT2D eigenvalue weighted by Gasteiger charge is 2.32. The number of sulfone groups is 1. The van der Waals surface area contributed by atoms with Crippen molar-refractivity contribution < 1.29 is 18.3 Å². The zero-order valence-corrected chi connectivity index (χ0v) is 16.3. The van der Waals surface area contributed by atoms with E-state index in [1.165, 1.54) is 4.90 Å². The van der Waals surface area contributed by atoms with Gasteiger partial charge in [-0.15, -0.1) is 0 Å². The van der Waals surface area contributed by atoms with Crippen molar-refractivity contribution in [2.75, 3.05) is 18.4 Å². The lowest BCUT2D eigenvalue weighted by atomic mass is 10.1. The molecule has 2 aromatic rings. The molecule has 0 atom stereocenters. The Morgan fingerprint density at radius 3 is 2.46 bits per heavy atom. The van der Waals surface area contributed by atoms with Crippen LogP contribution in [0.1, 0.15) is 24.1 Å². The molecule has 0 radical (unpaired) electrons. The number of benzene rings is 1. The Hall–Kier alpha value is -2.94. The maximum absolute atomic E-state index is 12.8. The third-order valence-corrected chi connectivity index (χ3v) is 7.11. The van der Waals surface area contributed by atoms with Gasteiger partial charge in [0.05, 0.1) is 15.8 Å². The molecule has 9 heteroatoms. The molecule has 0 bridgehead atoms. The van der Waals surface area contributed by atoms with Crippen LogP contribution in [0.4, 0.5) is 16.4 Å². The van der Waals surface area contributed by atoms with Crippen LogP contribution in [0.2, 0.25) is 0 Å². The minimum Gasteiger partial charge on any atom is -0.465 e. The van der Waals surface area contributed by atoms with E-state index in [9.17, 15) is 13.2 Å². The van der Waals surface area contributed by atoms with E-state index >= 15 is 0 Å². The lowest BCUT2D eigenvalue weighted by molar-refractivity contribution is 0.136. The third-order valence-electron chi connectivity index (χ3n) is 4.83. The molecule has 1 aromatic heterocycles. The van der Waals surface area contributed by atoms with Crippen LogP contribution in [-0.4, -0.2) is 52.8 Å². The smallest absolute Gasteiger partial charge is 0.407 e. The van der Waals surface area contributed by atoms with Gasteiger partial charge in [0.15, 0.2) is 9.84 Å². The van der Waals surface area contributed by atoms with Crippen molar-refractivity contribution in [1.29, 1.82) is 0 Å². The highest BCUT2D eigenvalue weighted by molar-refractivity contribution is 7.92. The molecule has 0 spiro atoms. The molecule has 1 aliphatic heterocycles. The van der Waals surface area contributed by atoms with Gasteiger partial charge in [0.25, 0.3) is 0 Å². The summed E-state index contributed by atoms with van der Waals surface area (Å²) in [5, 5.41) is 11.5. The number of hydrogen-bond acceptors (Lipinski definition) is 6. The molecule has 1 aromatic carbocycles. The first-order valence-corrected chi connectivity index (χ1v) is 10.4. The normalized spacial score (nSPS) is 15.2. The fourth-order valence-corrected chi connectivity index (χ4v) is 4.88. The first kappa shape index (κ1) is 19.8. The molecule has 8 nitrogen and oxygen atoms in total. The van der Waals surface area contributed by atoms with Gasteiger partial charge >= 0.3 is 6.09 Å². The van der Waals surface area contributed by atoms with Crippen LogP contribution in [0.5, 0.6) is 0 Å². The van der Waals surface area contributed by atoms with Crippen LogP contribution in [0.3, 0.4) is 0 Å². The molecule has 0 unspecified atom stereocenters. The van der Waals surface area contributed by atoms with Gasteiger partial charge in [-0.25, -0.2) is 23.2 Å². The van der Waals surface area contributed by atoms with Crippen molar-refractivity contribution in [3.05, 3.63) is 48.3 Å². The largest absolute Gasteiger partial charge is 0.465 e. The monoisotopic (exact) mass is 402 g/mol. The lowest BCUT2D eigenvalue weighted by Gasteiger charge is -2.29. The van der Waals surface area contributed by atoms with E-state index in [1.807, 2.05) is 6.92 Å². The number of carbonyl (C=O) groups is 1. The van der Waals surface area contributed by atoms with Gasteiger partial charge in [0.2, 0.25) is 5.95 Å². The van der Waals surface area contributed by atoms with Crippen LogP contribution in [-0.2, 0) is 9.84 Å². The average molecular weight is 402 g/mol. The fourth-order valence-electron chi connectivity index (χ4n) is 3.14. The second-order valence-electron chi connectivity index (χ2n) is 6.60. The lowest BCUT2D eigenvalue weighted by Crippen LogP contribution is -2.41. The second kappa shape index (κ2) is 7.97. The van der Waals surface area contributed by atoms with Crippen molar-refractivity contribution >= 4 is 33.6 Å². The van der Waals surface area contributed by atoms with E-state index in [0.717, 1.165) is 11.3 Å². The average Bonchev–Trinajstić information content (AvgIpc) is 2.68. The Kier molecular flexibility index (Phi) is 5.64. The quantitative estimate of drug-likeness (QED) is 0.790. The Balaban J connectivity index is 1.70. The summed E-state index contributed by atoms with van der Waals surface area (Å²) in [7, 11) is -3.51. The van der Waals surface area contributed by atoms with Gasteiger partial charge in [0.1, 0.15) is 0 Å². The number of amides is 1. The van der Waals surface area contributed by atoms with E-state index in [-0.39, 0.29) is 18.0 Å². The van der Waals surface area contributed by atoms with E-state index in [2.05, 4.69) is 21.9 Å². The first-order valence-electron chi connectivity index (χ1n) is 8.86. The van der Waals surface area contributed by atoms with Crippen molar-refractivity contribution in [2.45, 2.75) is 29.9 Å².